The number of fused-ring (bicyclic) bond motifs is 2. The first kappa shape index (κ1) is 24.6. The average molecular weight is 489 g/mol. The Balaban J connectivity index is 1.52. The van der Waals surface area contributed by atoms with Crippen LogP contribution in [0.5, 0.6) is 5.75 Å². The molecule has 2 heterocycles. The molecule has 15 heteroatoms. The fourth-order valence-corrected chi connectivity index (χ4v) is 3.91. The number of nitrogens with zero attached hydrogens (tertiary/aromatic N) is 2. The van der Waals surface area contributed by atoms with Crippen LogP contribution in [0.3, 0.4) is 0 Å². The number of hydrogen-bond donors (Lipinski definition) is 4. The number of rotatable bonds is 8. The molecule has 2 fully saturated rings. The highest BCUT2D eigenvalue weighted by Crippen LogP contribution is 2.30. The monoisotopic (exact) mass is 489 g/mol. The van der Waals surface area contributed by atoms with Crippen molar-refractivity contribution in [2.45, 2.75) is 44.3 Å². The number of hydrogen-bond acceptors (Lipinski definition) is 8. The van der Waals surface area contributed by atoms with E-state index in [0.717, 1.165) is 11.0 Å². The van der Waals surface area contributed by atoms with E-state index in [1.165, 1.54) is 12.1 Å². The van der Waals surface area contributed by atoms with Gasteiger partial charge in [-0.2, -0.15) is 13.5 Å². The van der Waals surface area contributed by atoms with E-state index in [1.807, 2.05) is 0 Å². The number of hydrazine groups is 1. The Bertz CT molecular complexity index is 1040. The molecule has 5 N–H and O–H groups in total. The highest BCUT2D eigenvalue weighted by molar-refractivity contribution is 7.80. The summed E-state index contributed by atoms with van der Waals surface area (Å²) in [4.78, 5) is 38.0. The summed E-state index contributed by atoms with van der Waals surface area (Å²) in [6.07, 6.45) is 0.0262. The number of carbonyl (C=O) groups is 3. The van der Waals surface area contributed by atoms with Crippen LogP contribution in [0.25, 0.3) is 0 Å². The lowest BCUT2D eigenvalue weighted by atomic mass is 10.0. The molecule has 2 bridgehead atoms. The minimum atomic E-state index is -4.90. The molecule has 0 aliphatic carbocycles. The van der Waals surface area contributed by atoms with Gasteiger partial charge >= 0.3 is 16.4 Å². The maximum atomic E-state index is 14.2. The van der Waals surface area contributed by atoms with Crippen molar-refractivity contribution in [2.75, 3.05) is 13.2 Å². The quantitative estimate of drug-likeness (QED) is 0.270. The normalized spacial score (nSPS) is 21.0. The van der Waals surface area contributed by atoms with Gasteiger partial charge in [-0.05, 0) is 31.4 Å². The summed E-state index contributed by atoms with van der Waals surface area (Å²) in [5.41, 5.74) is 9.99. The van der Waals surface area contributed by atoms with E-state index in [2.05, 4.69) is 15.1 Å². The van der Waals surface area contributed by atoms with Gasteiger partial charge < -0.3 is 15.4 Å². The maximum absolute atomic E-state index is 14.2. The number of amides is 4. The van der Waals surface area contributed by atoms with Crippen LogP contribution >= 0.6 is 0 Å². The molecule has 2 aliphatic rings. The van der Waals surface area contributed by atoms with Crippen molar-refractivity contribution < 1.29 is 40.8 Å². The van der Waals surface area contributed by atoms with Gasteiger partial charge in [-0.1, -0.05) is 6.07 Å². The molecule has 4 amide bonds. The summed E-state index contributed by atoms with van der Waals surface area (Å²) in [6.45, 7) is 1.94. The van der Waals surface area contributed by atoms with Crippen LogP contribution in [0.4, 0.5) is 9.18 Å². The Hall–Kier alpha value is -3.01. The van der Waals surface area contributed by atoms with E-state index in [9.17, 15) is 27.2 Å². The predicted molar refractivity (Wildman–Crippen MR) is 109 cm³/mol. The van der Waals surface area contributed by atoms with Crippen LogP contribution in [-0.4, -0.2) is 72.1 Å². The molecule has 13 nitrogen and oxygen atoms in total. The molecule has 3 rings (SSSR count). The topological polar surface area (TPSA) is 181 Å². The standard InChI is InChI=1S/C18H24FN5O8S/c1-10(20)9-31-13-4-2-11(14(19)7-13)6-16(25)21-22-17(26)15-5-3-12-8-23(15)18(27)24(12)32-33(28,29)30/h2,4,7,10,12,15H,3,5-6,8-9,20H2,1H3,(H,21,25)(H,22,26)(H,28,29,30)/t10-,12-,15+/m1/s1. The number of benzene rings is 1. The largest absolute Gasteiger partial charge is 0.492 e. The van der Waals surface area contributed by atoms with Gasteiger partial charge in [0.1, 0.15) is 24.2 Å². The summed E-state index contributed by atoms with van der Waals surface area (Å²) < 4.78 is 54.5. The lowest BCUT2D eigenvalue weighted by Crippen LogP contribution is -2.54. The molecule has 2 aliphatic heterocycles. The van der Waals surface area contributed by atoms with Crippen molar-refractivity contribution >= 4 is 28.2 Å². The summed E-state index contributed by atoms with van der Waals surface area (Å²) in [7, 11) is -4.90. The second kappa shape index (κ2) is 9.86. The highest BCUT2D eigenvalue weighted by Gasteiger charge is 2.49. The van der Waals surface area contributed by atoms with E-state index in [-0.39, 0.29) is 49.8 Å². The number of nitrogens with one attached hydrogen (secondary N) is 2. The number of piperidine rings is 1. The second-order valence-corrected chi connectivity index (χ2v) is 8.77. The maximum Gasteiger partial charge on any atom is 0.418 e. The van der Waals surface area contributed by atoms with Crippen LogP contribution in [0.1, 0.15) is 25.3 Å². The van der Waals surface area contributed by atoms with Crippen LogP contribution in [0.2, 0.25) is 0 Å². The van der Waals surface area contributed by atoms with Gasteiger partial charge in [0.15, 0.2) is 0 Å². The minimum absolute atomic E-state index is 0.00293. The van der Waals surface area contributed by atoms with E-state index in [1.54, 1.807) is 6.92 Å². The fourth-order valence-electron chi connectivity index (χ4n) is 3.52. The first-order chi connectivity index (χ1) is 15.4. The number of ether oxygens (including phenoxy) is 1. The summed E-state index contributed by atoms with van der Waals surface area (Å²) in [5.74, 6) is -1.83. The Morgan fingerprint density at radius 1 is 1.33 bits per heavy atom. The lowest BCUT2D eigenvalue weighted by molar-refractivity contribution is -0.131. The summed E-state index contributed by atoms with van der Waals surface area (Å²) >= 11 is 0. The number of carbonyl (C=O) groups excluding carboxylic acids is 3. The molecule has 1 aromatic rings. The lowest BCUT2D eigenvalue weighted by Gasteiger charge is -2.29. The first-order valence-corrected chi connectivity index (χ1v) is 11.3. The van der Waals surface area contributed by atoms with Gasteiger partial charge in [-0.3, -0.25) is 25.0 Å². The van der Waals surface area contributed by atoms with Crippen LogP contribution < -0.4 is 21.3 Å². The molecular weight excluding hydrogens is 465 g/mol. The molecule has 1 aromatic carbocycles. The average Bonchev–Trinajstić information content (AvgIpc) is 2.95. The predicted octanol–water partition coefficient (Wildman–Crippen LogP) is -0.755. The zero-order valence-electron chi connectivity index (χ0n) is 17.6. The Morgan fingerprint density at radius 3 is 2.70 bits per heavy atom. The summed E-state index contributed by atoms with van der Waals surface area (Å²) in [5, 5.41) is 0.505. The molecule has 0 aromatic heterocycles. The van der Waals surface area contributed by atoms with Crippen molar-refractivity contribution in [1.29, 1.82) is 0 Å². The molecular formula is C18H24FN5O8S. The molecule has 3 atom stereocenters. The van der Waals surface area contributed by atoms with Gasteiger partial charge in [-0.15, -0.1) is 4.28 Å². The fraction of sp³-hybridized carbons (Fsp3) is 0.500. The van der Waals surface area contributed by atoms with Gasteiger partial charge in [0.25, 0.3) is 5.91 Å². The molecule has 0 radical (unpaired) electrons. The van der Waals surface area contributed by atoms with Gasteiger partial charge in [0.2, 0.25) is 5.91 Å². The second-order valence-electron chi connectivity index (χ2n) is 7.77. The van der Waals surface area contributed by atoms with Crippen molar-refractivity contribution in [3.8, 4) is 5.75 Å². The Kier molecular flexibility index (Phi) is 7.36. The number of halogens is 1. The molecule has 2 saturated heterocycles. The number of urea groups is 1. The first-order valence-electron chi connectivity index (χ1n) is 9.97. The third-order valence-electron chi connectivity index (χ3n) is 5.01. The Labute approximate surface area is 188 Å². The third kappa shape index (κ3) is 6.28. The van der Waals surface area contributed by atoms with Gasteiger partial charge in [0.05, 0.1) is 12.5 Å². The number of nitrogens with two attached hydrogens (primary N) is 1. The van der Waals surface area contributed by atoms with Crippen molar-refractivity contribution in [1.82, 2.24) is 20.8 Å². The molecule has 0 spiro atoms. The molecule has 182 valence electrons. The van der Waals surface area contributed by atoms with Gasteiger partial charge in [-0.25, -0.2) is 9.18 Å². The third-order valence-corrected chi connectivity index (χ3v) is 5.36. The molecule has 0 saturated carbocycles. The van der Waals surface area contributed by atoms with Crippen LogP contribution in [-0.2, 0) is 30.7 Å². The molecule has 33 heavy (non-hydrogen) atoms. The van der Waals surface area contributed by atoms with Crippen molar-refractivity contribution in [3.63, 3.8) is 0 Å². The minimum Gasteiger partial charge on any atom is -0.492 e. The molecule has 0 unspecified atom stereocenters. The number of hydroxylamine groups is 2. The van der Waals surface area contributed by atoms with E-state index >= 15 is 0 Å². The van der Waals surface area contributed by atoms with E-state index < -0.39 is 46.1 Å². The Morgan fingerprint density at radius 2 is 2.06 bits per heavy atom. The SMILES string of the molecule is C[C@@H](N)COc1ccc(CC(=O)NNC(=O)[C@@H]2CC[C@@H]3CN2C(=O)N3OS(=O)(=O)O)c(F)c1. The van der Waals surface area contributed by atoms with Crippen molar-refractivity contribution in [2.24, 2.45) is 5.73 Å². The van der Waals surface area contributed by atoms with Crippen LogP contribution in [0, 0.1) is 5.82 Å². The van der Waals surface area contributed by atoms with E-state index in [0.29, 0.717) is 5.06 Å². The summed E-state index contributed by atoms with van der Waals surface area (Å²) in [6, 6.07) is 1.21. The smallest absolute Gasteiger partial charge is 0.418 e. The zero-order valence-corrected chi connectivity index (χ0v) is 18.4. The van der Waals surface area contributed by atoms with E-state index in [4.69, 9.17) is 15.0 Å². The van der Waals surface area contributed by atoms with Crippen LogP contribution in [0.15, 0.2) is 18.2 Å². The highest BCUT2D eigenvalue weighted by atomic mass is 32.3. The van der Waals surface area contributed by atoms with Crippen molar-refractivity contribution in [3.05, 3.63) is 29.6 Å². The zero-order chi connectivity index (χ0) is 24.3. The van der Waals surface area contributed by atoms with Gasteiger partial charge in [0, 0.05) is 18.7 Å².